The Bertz CT molecular complexity index is 438. The van der Waals surface area contributed by atoms with E-state index in [-0.39, 0.29) is 5.91 Å². The molecule has 0 atom stereocenters. The highest BCUT2D eigenvalue weighted by molar-refractivity contribution is 6.18. The molecule has 1 aromatic rings. The Morgan fingerprint density at radius 2 is 2.21 bits per heavy atom. The van der Waals surface area contributed by atoms with Gasteiger partial charge < -0.3 is 4.90 Å². The number of alkyl halides is 1. The van der Waals surface area contributed by atoms with Crippen LogP contribution in [0.1, 0.15) is 48.8 Å². The van der Waals surface area contributed by atoms with Crippen LogP contribution in [0.2, 0.25) is 0 Å². The van der Waals surface area contributed by atoms with Crippen molar-refractivity contribution in [3.05, 3.63) is 17.5 Å². The van der Waals surface area contributed by atoms with Crippen LogP contribution in [0, 0.1) is 6.92 Å². The first-order valence-corrected chi connectivity index (χ1v) is 7.62. The second-order valence-corrected chi connectivity index (χ2v) is 5.49. The van der Waals surface area contributed by atoms with Gasteiger partial charge in [-0.15, -0.1) is 11.6 Å². The van der Waals surface area contributed by atoms with Gasteiger partial charge in [0.1, 0.15) is 5.69 Å². The molecule has 0 saturated heterocycles. The van der Waals surface area contributed by atoms with Crippen molar-refractivity contribution in [3.63, 3.8) is 0 Å². The second-order valence-electron chi connectivity index (χ2n) is 5.11. The van der Waals surface area contributed by atoms with Crippen LogP contribution in [0.5, 0.6) is 0 Å². The van der Waals surface area contributed by atoms with Gasteiger partial charge in [-0.05, 0) is 32.8 Å². The largest absolute Gasteiger partial charge is 0.333 e. The molecule has 1 aromatic heterocycles. The minimum Gasteiger partial charge on any atom is -0.333 e. The molecule has 0 spiro atoms. The molecular formula is C14H22ClN3O. The van der Waals surface area contributed by atoms with E-state index in [0.29, 0.717) is 30.7 Å². The fourth-order valence-corrected chi connectivity index (χ4v) is 3.04. The van der Waals surface area contributed by atoms with Crippen LogP contribution >= 0.6 is 11.6 Å². The number of halogens is 1. The van der Waals surface area contributed by atoms with E-state index in [4.69, 9.17) is 11.6 Å². The molecule has 1 heterocycles. The number of nitrogens with zero attached hydrogens (tertiary/aromatic N) is 3. The minimum atomic E-state index is 0.0787. The molecule has 1 aliphatic rings. The third-order valence-corrected chi connectivity index (χ3v) is 3.94. The Kier molecular flexibility index (Phi) is 4.86. The standard InChI is InChI=1S/C14H22ClN3O/c1-3-18-13(10-11(2)16-18)14(19)17(9-8-15)12-6-4-5-7-12/h10,12H,3-9H2,1-2H3. The van der Waals surface area contributed by atoms with Gasteiger partial charge in [-0.3, -0.25) is 9.48 Å². The zero-order chi connectivity index (χ0) is 13.8. The summed E-state index contributed by atoms with van der Waals surface area (Å²) < 4.78 is 1.79. The molecule has 2 rings (SSSR count). The first kappa shape index (κ1) is 14.4. The molecule has 1 fully saturated rings. The van der Waals surface area contributed by atoms with Crippen molar-refractivity contribution in [1.82, 2.24) is 14.7 Å². The molecule has 1 aliphatic carbocycles. The average molecular weight is 284 g/mol. The molecule has 19 heavy (non-hydrogen) atoms. The first-order valence-electron chi connectivity index (χ1n) is 7.08. The highest BCUT2D eigenvalue weighted by Crippen LogP contribution is 2.25. The fourth-order valence-electron chi connectivity index (χ4n) is 2.86. The highest BCUT2D eigenvalue weighted by atomic mass is 35.5. The molecule has 1 amide bonds. The topological polar surface area (TPSA) is 38.1 Å². The zero-order valence-electron chi connectivity index (χ0n) is 11.7. The predicted octanol–water partition coefficient (Wildman–Crippen LogP) is 2.84. The van der Waals surface area contributed by atoms with Gasteiger partial charge in [0.2, 0.25) is 0 Å². The van der Waals surface area contributed by atoms with Crippen molar-refractivity contribution < 1.29 is 4.79 Å². The van der Waals surface area contributed by atoms with Crippen molar-refractivity contribution in [3.8, 4) is 0 Å². The van der Waals surface area contributed by atoms with E-state index in [1.54, 1.807) is 4.68 Å². The summed E-state index contributed by atoms with van der Waals surface area (Å²) in [6.07, 6.45) is 4.62. The quantitative estimate of drug-likeness (QED) is 0.780. The Morgan fingerprint density at radius 3 is 2.79 bits per heavy atom. The third-order valence-electron chi connectivity index (χ3n) is 3.77. The Morgan fingerprint density at radius 1 is 1.53 bits per heavy atom. The lowest BCUT2D eigenvalue weighted by atomic mass is 10.2. The maximum absolute atomic E-state index is 12.7. The van der Waals surface area contributed by atoms with E-state index >= 15 is 0 Å². The summed E-state index contributed by atoms with van der Waals surface area (Å²) in [7, 11) is 0. The number of amides is 1. The summed E-state index contributed by atoms with van der Waals surface area (Å²) in [5.41, 5.74) is 1.58. The molecule has 0 N–H and O–H groups in total. The summed E-state index contributed by atoms with van der Waals surface area (Å²) in [6, 6.07) is 2.23. The lowest BCUT2D eigenvalue weighted by Gasteiger charge is -2.28. The monoisotopic (exact) mass is 283 g/mol. The number of aromatic nitrogens is 2. The zero-order valence-corrected chi connectivity index (χ0v) is 12.5. The van der Waals surface area contributed by atoms with E-state index in [1.807, 2.05) is 24.8 Å². The SMILES string of the molecule is CCn1nc(C)cc1C(=O)N(CCCl)C1CCCC1. The van der Waals surface area contributed by atoms with Gasteiger partial charge in [0.05, 0.1) is 5.69 Å². The Balaban J connectivity index is 2.22. The molecule has 0 radical (unpaired) electrons. The number of rotatable bonds is 5. The molecule has 0 unspecified atom stereocenters. The molecule has 5 heteroatoms. The van der Waals surface area contributed by atoms with Gasteiger partial charge in [-0.1, -0.05) is 12.8 Å². The number of carbonyl (C=O) groups excluding carboxylic acids is 1. The van der Waals surface area contributed by atoms with Gasteiger partial charge in [-0.25, -0.2) is 0 Å². The number of hydrogen-bond donors (Lipinski definition) is 0. The maximum atomic E-state index is 12.7. The van der Waals surface area contributed by atoms with Crippen LogP contribution in [-0.4, -0.2) is 39.1 Å². The number of carbonyl (C=O) groups is 1. The van der Waals surface area contributed by atoms with Crippen LogP contribution in [0.25, 0.3) is 0 Å². The van der Waals surface area contributed by atoms with E-state index in [2.05, 4.69) is 5.10 Å². The summed E-state index contributed by atoms with van der Waals surface area (Å²) >= 11 is 5.87. The van der Waals surface area contributed by atoms with Gasteiger partial charge >= 0.3 is 0 Å². The van der Waals surface area contributed by atoms with E-state index in [1.165, 1.54) is 12.8 Å². The van der Waals surface area contributed by atoms with E-state index in [9.17, 15) is 4.79 Å². The van der Waals surface area contributed by atoms with Crippen LogP contribution in [0.4, 0.5) is 0 Å². The summed E-state index contributed by atoms with van der Waals surface area (Å²) in [6.45, 7) is 5.27. The Labute approximate surface area is 119 Å². The summed E-state index contributed by atoms with van der Waals surface area (Å²) in [5, 5.41) is 4.36. The lowest BCUT2D eigenvalue weighted by molar-refractivity contribution is 0.0682. The van der Waals surface area contributed by atoms with Crippen molar-refractivity contribution in [2.24, 2.45) is 0 Å². The molecule has 4 nitrogen and oxygen atoms in total. The summed E-state index contributed by atoms with van der Waals surface area (Å²) in [4.78, 5) is 14.7. The molecule has 0 aromatic carbocycles. The van der Waals surface area contributed by atoms with Gasteiger partial charge in [0, 0.05) is 25.0 Å². The smallest absolute Gasteiger partial charge is 0.272 e. The molecule has 0 bridgehead atoms. The van der Waals surface area contributed by atoms with Crippen LogP contribution in [0.15, 0.2) is 6.07 Å². The van der Waals surface area contributed by atoms with Crippen molar-refractivity contribution in [2.75, 3.05) is 12.4 Å². The third kappa shape index (κ3) is 3.11. The molecule has 106 valence electrons. The first-order chi connectivity index (χ1) is 9.17. The molecule has 0 aliphatic heterocycles. The van der Waals surface area contributed by atoms with Gasteiger partial charge in [0.25, 0.3) is 5.91 Å². The summed E-state index contributed by atoms with van der Waals surface area (Å²) in [5.74, 6) is 0.566. The van der Waals surface area contributed by atoms with E-state index < -0.39 is 0 Å². The highest BCUT2D eigenvalue weighted by Gasteiger charge is 2.28. The average Bonchev–Trinajstić information content (AvgIpc) is 3.04. The van der Waals surface area contributed by atoms with Crippen molar-refractivity contribution >= 4 is 17.5 Å². The normalized spacial score (nSPS) is 15.9. The molecular weight excluding hydrogens is 262 g/mol. The minimum absolute atomic E-state index is 0.0787. The van der Waals surface area contributed by atoms with Crippen LogP contribution in [-0.2, 0) is 6.54 Å². The Hall–Kier alpha value is -1.03. The lowest BCUT2D eigenvalue weighted by Crippen LogP contribution is -2.41. The maximum Gasteiger partial charge on any atom is 0.272 e. The van der Waals surface area contributed by atoms with Crippen LogP contribution < -0.4 is 0 Å². The van der Waals surface area contributed by atoms with Crippen molar-refractivity contribution in [2.45, 2.75) is 52.1 Å². The number of aryl methyl sites for hydroxylation is 2. The van der Waals surface area contributed by atoms with Gasteiger partial charge in [0.15, 0.2) is 0 Å². The predicted molar refractivity (Wildman–Crippen MR) is 76.7 cm³/mol. The van der Waals surface area contributed by atoms with Crippen molar-refractivity contribution in [1.29, 1.82) is 0 Å². The van der Waals surface area contributed by atoms with E-state index in [0.717, 1.165) is 18.5 Å². The molecule has 1 saturated carbocycles. The fraction of sp³-hybridized carbons (Fsp3) is 0.714. The van der Waals surface area contributed by atoms with Crippen LogP contribution in [0.3, 0.4) is 0 Å². The van der Waals surface area contributed by atoms with Gasteiger partial charge in [-0.2, -0.15) is 5.10 Å². The number of hydrogen-bond acceptors (Lipinski definition) is 2. The second kappa shape index (κ2) is 6.42.